The van der Waals surface area contributed by atoms with Crippen LogP contribution in [0.15, 0.2) is 150 Å². The van der Waals surface area contributed by atoms with E-state index in [1.165, 1.54) is 37.7 Å². The molecular weight excluding hydrogens is 861 g/mol. The molecule has 0 amide bonds. The van der Waals surface area contributed by atoms with E-state index in [9.17, 15) is 39.9 Å². The molecule has 0 heterocycles. The predicted octanol–water partition coefficient (Wildman–Crippen LogP) is 16.3. The van der Waals surface area contributed by atoms with E-state index < -0.39 is 28.3 Å². The molecule has 5 N–H and O–H groups in total. The molecule has 0 aromatic carbocycles. The number of ketones is 3. The first-order valence-electron chi connectivity index (χ1n) is 25.0. The van der Waals surface area contributed by atoms with Crippen LogP contribution in [0.3, 0.4) is 0 Å². The van der Waals surface area contributed by atoms with Crippen LogP contribution in [0.4, 0.5) is 0 Å². The lowest BCUT2D eigenvalue weighted by Crippen LogP contribution is -2.45. The lowest BCUT2D eigenvalue weighted by Gasteiger charge is -2.36. The average Bonchev–Trinajstić information content (AvgIpc) is 3.25. The zero-order chi connectivity index (χ0) is 52.7. The van der Waals surface area contributed by atoms with E-state index in [1.54, 1.807) is 22.8 Å². The van der Waals surface area contributed by atoms with Crippen LogP contribution in [0, 0.1) is 17.3 Å². The highest BCUT2D eigenvalue weighted by Gasteiger charge is 2.50. The molecule has 0 aliphatic heterocycles. The van der Waals surface area contributed by atoms with E-state index in [0.29, 0.717) is 12.0 Å². The van der Waals surface area contributed by atoms with Gasteiger partial charge < -0.3 is 25.5 Å². The van der Waals surface area contributed by atoms with Gasteiger partial charge in [0.05, 0.1) is 11.0 Å². The van der Waals surface area contributed by atoms with Gasteiger partial charge in [-0.1, -0.05) is 116 Å². The maximum Gasteiger partial charge on any atom is 0.206 e. The van der Waals surface area contributed by atoms with Gasteiger partial charge in [0.2, 0.25) is 5.78 Å². The molecule has 8 nitrogen and oxygen atoms in total. The predicted molar refractivity (Wildman–Crippen MR) is 287 cm³/mol. The lowest BCUT2D eigenvalue weighted by molar-refractivity contribution is -0.132. The number of carbonyl (C=O) groups is 3. The second kappa shape index (κ2) is 26.7. The fourth-order valence-electron chi connectivity index (χ4n) is 8.51. The Hall–Kier alpha value is -5.21. The molecule has 4 rings (SSSR count). The highest BCUT2D eigenvalue weighted by molar-refractivity contribution is 6.24. The summed E-state index contributed by atoms with van der Waals surface area (Å²) in [5, 5.41) is 54.6. The summed E-state index contributed by atoms with van der Waals surface area (Å²) in [5.74, 6) is -2.51. The zero-order valence-electron chi connectivity index (χ0n) is 45.3. The molecule has 0 saturated heterocycles. The molecule has 380 valence electrons. The van der Waals surface area contributed by atoms with Crippen LogP contribution in [0.5, 0.6) is 0 Å². The SMILES string of the molecule is C/C1=C\CC/C(C)=C2\CCC2=CC1.C=C(CC(C)C)C1=C(O)C(CC=C(C)C)=C(O)C(O)(CC=C(C)C)C1=O.CC(C)=CCC1=C(O)C(CC=C(C)C)(CC=C(C)C)C(=O)C(C(=O)CC(C)C)=C1O. The van der Waals surface area contributed by atoms with Crippen molar-refractivity contribution >= 4 is 17.3 Å². The summed E-state index contributed by atoms with van der Waals surface area (Å²) in [6.07, 6.45) is 22.1. The molecule has 0 spiro atoms. The van der Waals surface area contributed by atoms with Crippen molar-refractivity contribution in [2.24, 2.45) is 17.3 Å². The van der Waals surface area contributed by atoms with E-state index in [0.717, 1.165) is 27.9 Å². The number of fused-ring (bicyclic) bond motifs is 1. The van der Waals surface area contributed by atoms with Gasteiger partial charge in [-0.15, -0.1) is 0 Å². The van der Waals surface area contributed by atoms with Crippen molar-refractivity contribution in [3.63, 3.8) is 0 Å². The Morgan fingerprint density at radius 2 is 1.09 bits per heavy atom. The van der Waals surface area contributed by atoms with Crippen LogP contribution >= 0.6 is 0 Å². The van der Waals surface area contributed by atoms with E-state index in [2.05, 4.69) is 32.6 Å². The lowest BCUT2D eigenvalue weighted by atomic mass is 9.66. The monoisotopic (exact) mass is 949 g/mol. The first-order valence-corrected chi connectivity index (χ1v) is 25.0. The van der Waals surface area contributed by atoms with E-state index in [1.807, 2.05) is 121 Å². The Balaban J connectivity index is 0.000000379. The molecule has 0 aromatic rings. The van der Waals surface area contributed by atoms with Crippen LogP contribution in [-0.2, 0) is 14.4 Å². The highest BCUT2D eigenvalue weighted by atomic mass is 16.3. The standard InChI is InChI=1S/C26H38O4.C22H32O4.C13H18/c1-16(2)9-10-20-23(28)22(21(27)15-19(7)8)25(30)26(24(20)29,13-11-17(3)4)14-12-18(5)6;1-13(2)8-9-17-19(23)18(16(7)12-15(5)6)21(25)22(26,20(17)24)11-10-14(3)4;1-10-4-3-5-11(2)13-9-8-12(13)7-6-10/h9,11-12,19,28-29H,10,13-15H2,1-8H3;8,10,15,23-24,26H,7,9,11-12H2,1-6H3;4,7H,3,5-6,8-9H2,1-2H3/b;;10-4+,12-7?,13-11+. The summed E-state index contributed by atoms with van der Waals surface area (Å²) < 4.78 is 0. The summed E-state index contributed by atoms with van der Waals surface area (Å²) in [7, 11) is 0. The number of carbonyl (C=O) groups excluding carboxylic acids is 3. The quantitative estimate of drug-likeness (QED) is 0.0757. The summed E-state index contributed by atoms with van der Waals surface area (Å²) in [6.45, 7) is 35.4. The Morgan fingerprint density at radius 1 is 0.623 bits per heavy atom. The third-order valence-corrected chi connectivity index (χ3v) is 12.8. The van der Waals surface area contributed by atoms with Crippen molar-refractivity contribution in [2.75, 3.05) is 0 Å². The van der Waals surface area contributed by atoms with Crippen LogP contribution in [0.1, 0.15) is 188 Å². The summed E-state index contributed by atoms with van der Waals surface area (Å²) in [6, 6.07) is 0. The van der Waals surface area contributed by atoms with Gasteiger partial charge in [0.1, 0.15) is 28.6 Å². The van der Waals surface area contributed by atoms with E-state index in [4.69, 9.17) is 0 Å². The van der Waals surface area contributed by atoms with Crippen LogP contribution < -0.4 is 0 Å². The number of aliphatic hydroxyl groups excluding tert-OH is 4. The molecule has 0 radical (unpaired) electrons. The van der Waals surface area contributed by atoms with Crippen molar-refractivity contribution in [3.8, 4) is 0 Å². The maximum atomic E-state index is 13.7. The molecule has 1 fully saturated rings. The second-order valence-corrected chi connectivity index (χ2v) is 21.6. The van der Waals surface area contributed by atoms with Gasteiger partial charge in [0.15, 0.2) is 17.2 Å². The molecule has 0 bridgehead atoms. The average molecular weight is 949 g/mol. The van der Waals surface area contributed by atoms with Crippen LogP contribution in [-0.4, -0.2) is 48.5 Å². The Labute approximate surface area is 416 Å². The minimum atomic E-state index is -2.08. The molecular formula is C61H88O8. The number of Topliss-reactive ketones (excluding diaryl/α,β-unsaturated/α-hetero) is 3. The van der Waals surface area contributed by atoms with Crippen LogP contribution in [0.25, 0.3) is 0 Å². The fourth-order valence-corrected chi connectivity index (χ4v) is 8.51. The van der Waals surface area contributed by atoms with Crippen molar-refractivity contribution < 1.29 is 39.9 Å². The number of rotatable bonds is 16. The molecule has 1 unspecified atom stereocenters. The van der Waals surface area contributed by atoms with Crippen LogP contribution in [0.2, 0.25) is 0 Å². The molecule has 4 aliphatic carbocycles. The minimum Gasteiger partial charge on any atom is -0.511 e. The summed E-state index contributed by atoms with van der Waals surface area (Å²) >= 11 is 0. The second-order valence-electron chi connectivity index (χ2n) is 21.6. The minimum absolute atomic E-state index is 0.0262. The zero-order valence-corrected chi connectivity index (χ0v) is 45.3. The molecule has 4 aliphatic rings. The number of hydrogen-bond acceptors (Lipinski definition) is 8. The normalized spacial score (nSPS) is 20.9. The Morgan fingerprint density at radius 3 is 1.54 bits per heavy atom. The number of aliphatic hydroxyl groups is 5. The molecule has 8 heteroatoms. The molecule has 69 heavy (non-hydrogen) atoms. The van der Waals surface area contributed by atoms with Gasteiger partial charge in [0, 0.05) is 24.0 Å². The van der Waals surface area contributed by atoms with Gasteiger partial charge in [0.25, 0.3) is 0 Å². The smallest absolute Gasteiger partial charge is 0.206 e. The van der Waals surface area contributed by atoms with Crippen molar-refractivity contribution in [3.05, 3.63) is 150 Å². The first-order chi connectivity index (χ1) is 32.0. The van der Waals surface area contributed by atoms with Gasteiger partial charge in [-0.3, -0.25) is 14.4 Å². The summed E-state index contributed by atoms with van der Waals surface area (Å²) in [4.78, 5) is 39.7. The third-order valence-electron chi connectivity index (χ3n) is 12.8. The van der Waals surface area contributed by atoms with E-state index in [-0.39, 0.29) is 95.7 Å². The topological polar surface area (TPSA) is 152 Å². The first kappa shape index (κ1) is 59.9. The largest absolute Gasteiger partial charge is 0.511 e. The molecule has 1 atom stereocenters. The van der Waals surface area contributed by atoms with Crippen molar-refractivity contribution in [2.45, 2.75) is 193 Å². The summed E-state index contributed by atoms with van der Waals surface area (Å²) in [5.41, 5.74) is 8.87. The number of hydrogen-bond donors (Lipinski definition) is 5. The van der Waals surface area contributed by atoms with Crippen molar-refractivity contribution in [1.29, 1.82) is 0 Å². The maximum absolute atomic E-state index is 13.7. The van der Waals surface area contributed by atoms with Gasteiger partial charge >= 0.3 is 0 Å². The van der Waals surface area contributed by atoms with Crippen molar-refractivity contribution in [1.82, 2.24) is 0 Å². The van der Waals surface area contributed by atoms with E-state index >= 15 is 0 Å². The fraction of sp³-hybridized carbons (Fsp3) is 0.525. The molecule has 1 saturated carbocycles. The third kappa shape index (κ3) is 16.4. The van der Waals surface area contributed by atoms with Gasteiger partial charge in [-0.2, -0.15) is 0 Å². The van der Waals surface area contributed by atoms with Gasteiger partial charge in [-0.05, 0) is 176 Å². The Kier molecular flexibility index (Phi) is 23.2. The highest BCUT2D eigenvalue weighted by Crippen LogP contribution is 2.47. The Bertz CT molecular complexity index is 2320. The number of allylic oxidation sites excluding steroid dienone is 20. The van der Waals surface area contributed by atoms with Gasteiger partial charge in [-0.25, -0.2) is 0 Å². The molecule has 0 aromatic heterocycles.